The minimum absolute atomic E-state index is 0.174. The number of esters is 1. The van der Waals surface area contributed by atoms with Crippen LogP contribution in [0.15, 0.2) is 146 Å². The van der Waals surface area contributed by atoms with E-state index in [1.54, 1.807) is 0 Å². The molecule has 0 saturated carbocycles. The van der Waals surface area contributed by atoms with Crippen molar-refractivity contribution in [1.82, 2.24) is 0 Å². The molecule has 0 aliphatic carbocycles. The molecule has 0 atom stereocenters. The fourth-order valence-corrected chi connectivity index (χ4v) is 11.9. The van der Waals surface area contributed by atoms with E-state index in [-0.39, 0.29) is 12.6 Å². The standard InChI is InChI=1S/C44H42O2P2/c1-32-17-5-11-23-38(32)47(39-24-12-6-18-33(39)2)42-27-15-9-21-36(42)29-30-44(45)46-31-37-22-10-16-28-43(37)48(40-25-13-7-19-34(40)3)41-26-14-8-20-35(41)4/h5-28H,29-31H2,1-4H3. The Bertz CT molecular complexity index is 1800. The van der Waals surface area contributed by atoms with Gasteiger partial charge in [0.05, 0.1) is 0 Å². The molecule has 0 saturated heterocycles. The van der Waals surface area contributed by atoms with E-state index >= 15 is 0 Å². The minimum Gasteiger partial charge on any atom is -0.461 e. The van der Waals surface area contributed by atoms with Crippen molar-refractivity contribution in [2.24, 2.45) is 0 Å². The van der Waals surface area contributed by atoms with Crippen molar-refractivity contribution in [3.8, 4) is 0 Å². The Morgan fingerprint density at radius 3 is 1.15 bits per heavy atom. The Hall–Kier alpha value is -4.35. The molecule has 0 N–H and O–H groups in total. The molecule has 6 rings (SSSR count). The van der Waals surface area contributed by atoms with Crippen LogP contribution in [0.25, 0.3) is 0 Å². The quantitative estimate of drug-likeness (QED) is 0.103. The summed E-state index contributed by atoms with van der Waals surface area (Å²) in [6.07, 6.45) is 0.959. The lowest BCUT2D eigenvalue weighted by molar-refractivity contribution is -0.144. The van der Waals surface area contributed by atoms with Gasteiger partial charge in [-0.05, 0) is 115 Å². The van der Waals surface area contributed by atoms with Gasteiger partial charge in [-0.2, -0.15) is 0 Å². The molecule has 0 spiro atoms. The molecule has 240 valence electrons. The molecule has 6 aromatic carbocycles. The number of benzene rings is 6. The molecule has 0 amide bonds. The molecule has 0 aromatic heterocycles. The molecule has 0 aliphatic heterocycles. The van der Waals surface area contributed by atoms with Crippen LogP contribution < -0.4 is 31.8 Å². The van der Waals surface area contributed by atoms with Gasteiger partial charge in [0.1, 0.15) is 6.61 Å². The van der Waals surface area contributed by atoms with Gasteiger partial charge in [0.2, 0.25) is 0 Å². The van der Waals surface area contributed by atoms with Crippen molar-refractivity contribution in [2.45, 2.75) is 47.1 Å². The Morgan fingerprint density at radius 2 is 0.750 bits per heavy atom. The first kappa shape index (κ1) is 33.5. The maximum absolute atomic E-state index is 13.4. The normalized spacial score (nSPS) is 11.2. The zero-order valence-corrected chi connectivity index (χ0v) is 30.0. The third-order valence-electron chi connectivity index (χ3n) is 8.88. The van der Waals surface area contributed by atoms with Crippen LogP contribution in [0.3, 0.4) is 0 Å². The summed E-state index contributed by atoms with van der Waals surface area (Å²) in [5, 5.41) is 7.90. The van der Waals surface area contributed by atoms with Gasteiger partial charge in [-0.15, -0.1) is 0 Å². The zero-order valence-electron chi connectivity index (χ0n) is 28.2. The fourth-order valence-electron chi connectivity index (χ4n) is 6.29. The maximum atomic E-state index is 13.4. The topological polar surface area (TPSA) is 26.3 Å². The lowest BCUT2D eigenvalue weighted by Crippen LogP contribution is -2.27. The highest BCUT2D eigenvalue weighted by Crippen LogP contribution is 2.38. The van der Waals surface area contributed by atoms with E-state index in [0.29, 0.717) is 12.8 Å². The molecule has 0 aliphatic rings. The van der Waals surface area contributed by atoms with Crippen LogP contribution in [0.1, 0.15) is 39.8 Å². The smallest absolute Gasteiger partial charge is 0.306 e. The van der Waals surface area contributed by atoms with E-state index in [1.165, 1.54) is 59.6 Å². The first-order valence-electron chi connectivity index (χ1n) is 16.6. The Balaban J connectivity index is 1.24. The van der Waals surface area contributed by atoms with Crippen LogP contribution >= 0.6 is 15.8 Å². The van der Waals surface area contributed by atoms with E-state index in [1.807, 2.05) is 6.07 Å². The predicted molar refractivity (Wildman–Crippen MR) is 207 cm³/mol. The highest BCUT2D eigenvalue weighted by molar-refractivity contribution is 7.80. The summed E-state index contributed by atoms with van der Waals surface area (Å²) >= 11 is 0. The summed E-state index contributed by atoms with van der Waals surface area (Å²) in [6, 6.07) is 51.8. The number of rotatable bonds is 11. The Kier molecular flexibility index (Phi) is 11.0. The first-order valence-corrected chi connectivity index (χ1v) is 19.2. The monoisotopic (exact) mass is 664 g/mol. The summed E-state index contributed by atoms with van der Waals surface area (Å²) in [5.74, 6) is -0.174. The van der Waals surface area contributed by atoms with Gasteiger partial charge in [-0.25, -0.2) is 0 Å². The van der Waals surface area contributed by atoms with Crippen molar-refractivity contribution >= 4 is 53.6 Å². The van der Waals surface area contributed by atoms with Crippen molar-refractivity contribution in [3.05, 3.63) is 179 Å². The summed E-state index contributed by atoms with van der Waals surface area (Å²) < 4.78 is 6.06. The maximum Gasteiger partial charge on any atom is 0.306 e. The fraction of sp³-hybridized carbons (Fsp3) is 0.159. The molecule has 4 heteroatoms. The van der Waals surface area contributed by atoms with Crippen LogP contribution in [-0.4, -0.2) is 5.97 Å². The zero-order chi connectivity index (χ0) is 33.5. The summed E-state index contributed by atoms with van der Waals surface area (Å²) in [7, 11) is -1.63. The van der Waals surface area contributed by atoms with Gasteiger partial charge < -0.3 is 4.74 Å². The van der Waals surface area contributed by atoms with Gasteiger partial charge in [0, 0.05) is 6.42 Å². The molecular weight excluding hydrogens is 622 g/mol. The number of aryl methyl sites for hydroxylation is 5. The predicted octanol–water partition coefficient (Wildman–Crippen LogP) is 8.11. The molecule has 0 radical (unpaired) electrons. The van der Waals surface area contributed by atoms with Crippen LogP contribution in [-0.2, 0) is 22.6 Å². The Labute approximate surface area is 288 Å². The average Bonchev–Trinajstić information content (AvgIpc) is 3.11. The molecular formula is C44H42O2P2. The Morgan fingerprint density at radius 1 is 0.438 bits per heavy atom. The van der Waals surface area contributed by atoms with Gasteiger partial charge in [-0.1, -0.05) is 146 Å². The van der Waals surface area contributed by atoms with Crippen LogP contribution in [0.4, 0.5) is 0 Å². The molecule has 2 nitrogen and oxygen atoms in total. The van der Waals surface area contributed by atoms with Gasteiger partial charge in [-0.3, -0.25) is 4.79 Å². The molecule has 0 bridgehead atoms. The second-order valence-corrected chi connectivity index (χ2v) is 16.5. The molecule has 48 heavy (non-hydrogen) atoms. The third-order valence-corrected chi connectivity index (χ3v) is 14.6. The van der Waals surface area contributed by atoms with Crippen molar-refractivity contribution in [1.29, 1.82) is 0 Å². The van der Waals surface area contributed by atoms with Crippen molar-refractivity contribution in [3.63, 3.8) is 0 Å². The lowest BCUT2D eigenvalue weighted by Gasteiger charge is -2.25. The summed E-state index contributed by atoms with van der Waals surface area (Å²) in [6.45, 7) is 9.03. The second-order valence-electron chi connectivity index (χ2n) is 12.2. The van der Waals surface area contributed by atoms with Crippen LogP contribution in [0.5, 0.6) is 0 Å². The van der Waals surface area contributed by atoms with Crippen LogP contribution in [0, 0.1) is 27.7 Å². The summed E-state index contributed by atoms with van der Waals surface area (Å²) in [4.78, 5) is 13.4. The van der Waals surface area contributed by atoms with Gasteiger partial charge in [0.25, 0.3) is 0 Å². The van der Waals surface area contributed by atoms with E-state index < -0.39 is 15.8 Å². The largest absolute Gasteiger partial charge is 0.461 e. The van der Waals surface area contributed by atoms with Crippen molar-refractivity contribution in [2.75, 3.05) is 0 Å². The minimum atomic E-state index is -0.834. The van der Waals surface area contributed by atoms with E-state index in [9.17, 15) is 4.79 Å². The molecule has 6 aromatic rings. The number of hydrogen-bond donors (Lipinski definition) is 0. The van der Waals surface area contributed by atoms with Crippen molar-refractivity contribution < 1.29 is 9.53 Å². The highest BCUT2D eigenvalue weighted by Gasteiger charge is 2.24. The molecule has 0 fully saturated rings. The summed E-state index contributed by atoms with van der Waals surface area (Å²) in [5.41, 5.74) is 7.39. The van der Waals surface area contributed by atoms with Gasteiger partial charge in [0.15, 0.2) is 0 Å². The lowest BCUT2D eigenvalue weighted by atomic mass is 10.1. The molecule has 0 heterocycles. The third kappa shape index (κ3) is 7.52. The van der Waals surface area contributed by atoms with E-state index in [4.69, 9.17) is 4.74 Å². The number of carbonyl (C=O) groups is 1. The van der Waals surface area contributed by atoms with Crippen LogP contribution in [0.2, 0.25) is 0 Å². The number of hydrogen-bond acceptors (Lipinski definition) is 2. The number of ether oxygens (including phenoxy) is 1. The van der Waals surface area contributed by atoms with E-state index in [2.05, 4.69) is 167 Å². The highest BCUT2D eigenvalue weighted by atomic mass is 31.1. The number of carbonyl (C=O) groups excluding carboxylic acids is 1. The second kappa shape index (κ2) is 15.7. The van der Waals surface area contributed by atoms with Gasteiger partial charge >= 0.3 is 5.97 Å². The molecule has 0 unspecified atom stereocenters. The first-order chi connectivity index (χ1) is 23.4. The van der Waals surface area contributed by atoms with E-state index in [0.717, 1.165) is 5.56 Å². The average molecular weight is 665 g/mol. The SMILES string of the molecule is Cc1ccccc1P(c1ccccc1C)c1ccccc1CCC(=O)OCc1ccccc1P(c1ccccc1C)c1ccccc1C.